The van der Waals surface area contributed by atoms with Gasteiger partial charge >= 0.3 is 0 Å². The molecule has 21 heavy (non-hydrogen) atoms. The van der Waals surface area contributed by atoms with Gasteiger partial charge in [-0.05, 0) is 36.5 Å². The Morgan fingerprint density at radius 1 is 1.29 bits per heavy atom. The standard InChI is InChI=1S/C16H22ClN3O/c1-2-3-4-14(13-5-7-15(17)8-6-13)9-16(21)10-20-12-18-11-19-20/h5-8,11-12,14,16,21H,2-4,9-10H2,1H3. The summed E-state index contributed by atoms with van der Waals surface area (Å²) in [7, 11) is 0. The fraction of sp³-hybridized carbons (Fsp3) is 0.500. The number of rotatable bonds is 8. The molecule has 0 aliphatic heterocycles. The molecule has 0 spiro atoms. The van der Waals surface area contributed by atoms with Crippen LogP contribution >= 0.6 is 11.6 Å². The van der Waals surface area contributed by atoms with E-state index in [1.807, 2.05) is 12.1 Å². The average Bonchev–Trinajstić information content (AvgIpc) is 2.97. The van der Waals surface area contributed by atoms with Gasteiger partial charge in [0.25, 0.3) is 0 Å². The van der Waals surface area contributed by atoms with Crippen LogP contribution in [0.5, 0.6) is 0 Å². The maximum absolute atomic E-state index is 10.3. The fourth-order valence-corrected chi connectivity index (χ4v) is 2.68. The first kappa shape index (κ1) is 16.0. The van der Waals surface area contributed by atoms with Gasteiger partial charge in [-0.1, -0.05) is 43.5 Å². The molecule has 0 radical (unpaired) electrons. The minimum absolute atomic E-state index is 0.348. The van der Waals surface area contributed by atoms with Crippen LogP contribution in [0, 0.1) is 0 Å². The topological polar surface area (TPSA) is 50.9 Å². The lowest BCUT2D eigenvalue weighted by Gasteiger charge is -2.21. The van der Waals surface area contributed by atoms with Crippen molar-refractivity contribution in [2.45, 2.75) is 51.2 Å². The van der Waals surface area contributed by atoms with E-state index in [0.29, 0.717) is 12.5 Å². The van der Waals surface area contributed by atoms with Gasteiger partial charge in [-0.25, -0.2) is 4.98 Å². The van der Waals surface area contributed by atoms with Gasteiger partial charge in [0.2, 0.25) is 0 Å². The van der Waals surface area contributed by atoms with Gasteiger partial charge in [0, 0.05) is 5.02 Å². The van der Waals surface area contributed by atoms with Gasteiger partial charge in [-0.2, -0.15) is 5.10 Å². The number of nitrogens with zero attached hydrogens (tertiary/aromatic N) is 3. The largest absolute Gasteiger partial charge is 0.391 e. The number of hydrogen-bond acceptors (Lipinski definition) is 3. The molecule has 0 aliphatic rings. The second-order valence-corrected chi connectivity index (χ2v) is 5.83. The number of aliphatic hydroxyl groups is 1. The number of halogens is 1. The van der Waals surface area contributed by atoms with E-state index in [1.54, 1.807) is 11.0 Å². The van der Waals surface area contributed by atoms with E-state index in [4.69, 9.17) is 11.6 Å². The summed E-state index contributed by atoms with van der Waals surface area (Å²) < 4.78 is 1.67. The Bertz CT molecular complexity index is 513. The summed E-state index contributed by atoms with van der Waals surface area (Å²) in [6.07, 6.45) is 6.80. The monoisotopic (exact) mass is 307 g/mol. The lowest BCUT2D eigenvalue weighted by atomic mass is 9.88. The molecule has 1 aromatic carbocycles. The van der Waals surface area contributed by atoms with Crippen molar-refractivity contribution in [1.29, 1.82) is 0 Å². The highest BCUT2D eigenvalue weighted by Crippen LogP contribution is 2.28. The number of aromatic nitrogens is 3. The van der Waals surface area contributed by atoms with Crippen molar-refractivity contribution in [3.63, 3.8) is 0 Å². The van der Waals surface area contributed by atoms with Crippen LogP contribution in [0.25, 0.3) is 0 Å². The van der Waals surface area contributed by atoms with Crippen LogP contribution < -0.4 is 0 Å². The molecule has 0 fully saturated rings. The SMILES string of the molecule is CCCCC(CC(O)Cn1cncn1)c1ccc(Cl)cc1. The summed E-state index contributed by atoms with van der Waals surface area (Å²) in [5.74, 6) is 0.348. The first-order valence-electron chi connectivity index (χ1n) is 7.45. The van der Waals surface area contributed by atoms with Crippen LogP contribution in [-0.4, -0.2) is 26.0 Å². The van der Waals surface area contributed by atoms with Gasteiger partial charge in [0.05, 0.1) is 12.6 Å². The number of hydrogen-bond donors (Lipinski definition) is 1. The maximum atomic E-state index is 10.3. The Kier molecular flexibility index (Phi) is 6.21. The van der Waals surface area contributed by atoms with E-state index in [-0.39, 0.29) is 0 Å². The van der Waals surface area contributed by atoms with E-state index in [2.05, 4.69) is 29.1 Å². The zero-order valence-electron chi connectivity index (χ0n) is 12.3. The molecule has 0 aliphatic carbocycles. The van der Waals surface area contributed by atoms with Crippen LogP contribution in [0.15, 0.2) is 36.9 Å². The highest BCUT2D eigenvalue weighted by atomic mass is 35.5. The molecule has 1 heterocycles. The van der Waals surface area contributed by atoms with Crippen LogP contribution in [0.3, 0.4) is 0 Å². The van der Waals surface area contributed by atoms with E-state index >= 15 is 0 Å². The molecule has 5 heteroatoms. The first-order valence-corrected chi connectivity index (χ1v) is 7.82. The van der Waals surface area contributed by atoms with Crippen molar-refractivity contribution in [2.24, 2.45) is 0 Å². The summed E-state index contributed by atoms with van der Waals surface area (Å²) >= 11 is 5.95. The minimum atomic E-state index is -0.427. The molecule has 1 N–H and O–H groups in total. The summed E-state index contributed by atoms with van der Waals surface area (Å²) in [6, 6.07) is 7.95. The Labute approximate surface area is 130 Å². The summed E-state index contributed by atoms with van der Waals surface area (Å²) in [5.41, 5.74) is 1.24. The second-order valence-electron chi connectivity index (χ2n) is 5.40. The molecule has 2 unspecified atom stereocenters. The third kappa shape index (κ3) is 5.14. The maximum Gasteiger partial charge on any atom is 0.137 e. The Balaban J connectivity index is 1.99. The van der Waals surface area contributed by atoms with Crippen molar-refractivity contribution in [2.75, 3.05) is 0 Å². The normalized spacial score (nSPS) is 14.0. The van der Waals surface area contributed by atoms with Crippen molar-refractivity contribution >= 4 is 11.6 Å². The molecule has 1 aromatic heterocycles. The van der Waals surface area contributed by atoms with Crippen LogP contribution in [0.2, 0.25) is 5.02 Å². The molecule has 0 saturated heterocycles. The lowest BCUT2D eigenvalue weighted by molar-refractivity contribution is 0.129. The quantitative estimate of drug-likeness (QED) is 0.809. The van der Waals surface area contributed by atoms with Crippen molar-refractivity contribution < 1.29 is 5.11 Å². The Hall–Kier alpha value is -1.39. The lowest BCUT2D eigenvalue weighted by Crippen LogP contribution is -2.19. The van der Waals surface area contributed by atoms with Gasteiger partial charge in [-0.15, -0.1) is 0 Å². The predicted molar refractivity (Wildman–Crippen MR) is 84.4 cm³/mol. The highest BCUT2D eigenvalue weighted by Gasteiger charge is 2.17. The second kappa shape index (κ2) is 8.15. The molecular weight excluding hydrogens is 286 g/mol. The molecule has 0 amide bonds. The third-order valence-electron chi connectivity index (χ3n) is 3.67. The summed E-state index contributed by atoms with van der Waals surface area (Å²) in [6.45, 7) is 2.67. The molecule has 2 aromatic rings. The zero-order chi connectivity index (χ0) is 15.1. The Morgan fingerprint density at radius 3 is 2.67 bits per heavy atom. The number of aliphatic hydroxyl groups excluding tert-OH is 1. The molecular formula is C16H22ClN3O. The zero-order valence-corrected chi connectivity index (χ0v) is 13.1. The minimum Gasteiger partial charge on any atom is -0.391 e. The van der Waals surface area contributed by atoms with Gasteiger partial charge in [0.15, 0.2) is 0 Å². The summed E-state index contributed by atoms with van der Waals surface area (Å²) in [4.78, 5) is 3.90. The third-order valence-corrected chi connectivity index (χ3v) is 3.92. The average molecular weight is 308 g/mol. The van der Waals surface area contributed by atoms with E-state index < -0.39 is 6.10 Å². The highest BCUT2D eigenvalue weighted by molar-refractivity contribution is 6.30. The van der Waals surface area contributed by atoms with E-state index in [1.165, 1.54) is 11.9 Å². The van der Waals surface area contributed by atoms with Gasteiger partial charge in [-0.3, -0.25) is 4.68 Å². The predicted octanol–water partition coefficient (Wildman–Crippen LogP) is 3.66. The van der Waals surface area contributed by atoms with Crippen LogP contribution in [-0.2, 0) is 6.54 Å². The molecule has 114 valence electrons. The number of benzene rings is 1. The molecule has 0 bridgehead atoms. The molecule has 4 nitrogen and oxygen atoms in total. The van der Waals surface area contributed by atoms with Crippen molar-refractivity contribution in [1.82, 2.24) is 14.8 Å². The van der Waals surface area contributed by atoms with E-state index in [0.717, 1.165) is 30.7 Å². The van der Waals surface area contributed by atoms with Crippen molar-refractivity contribution in [3.05, 3.63) is 47.5 Å². The first-order chi connectivity index (χ1) is 10.2. The van der Waals surface area contributed by atoms with Crippen LogP contribution in [0.1, 0.15) is 44.1 Å². The van der Waals surface area contributed by atoms with Gasteiger partial charge < -0.3 is 5.11 Å². The molecule has 0 saturated carbocycles. The van der Waals surface area contributed by atoms with Gasteiger partial charge in [0.1, 0.15) is 12.7 Å². The Morgan fingerprint density at radius 2 is 2.05 bits per heavy atom. The van der Waals surface area contributed by atoms with E-state index in [9.17, 15) is 5.11 Å². The van der Waals surface area contributed by atoms with Crippen molar-refractivity contribution in [3.8, 4) is 0 Å². The molecule has 2 rings (SSSR count). The smallest absolute Gasteiger partial charge is 0.137 e. The molecule has 2 atom stereocenters. The van der Waals surface area contributed by atoms with Crippen LogP contribution in [0.4, 0.5) is 0 Å². The fourth-order valence-electron chi connectivity index (χ4n) is 2.55. The number of unbranched alkanes of at least 4 members (excludes halogenated alkanes) is 1. The summed E-state index contributed by atoms with van der Waals surface area (Å²) in [5, 5.41) is 15.1.